The van der Waals surface area contributed by atoms with Crippen LogP contribution in [0.3, 0.4) is 0 Å². The van der Waals surface area contributed by atoms with E-state index < -0.39 is 0 Å². The number of benzene rings is 3. The minimum absolute atomic E-state index is 0.195. The smallest absolute Gasteiger partial charge is 0.123 e. The topological polar surface area (TPSA) is 60.7 Å². The molecule has 0 bridgehead atoms. The second-order valence-electron chi connectivity index (χ2n) is 24.3. The first-order valence-electron chi connectivity index (χ1n) is 21.5. The van der Waals surface area contributed by atoms with Crippen molar-refractivity contribution < 1.29 is 15.3 Å². The van der Waals surface area contributed by atoms with Crippen LogP contribution in [0, 0.1) is 11.3 Å². The Kier molecular flexibility index (Phi) is 12.1. The first-order chi connectivity index (χ1) is 25.5. The molecule has 0 saturated heterocycles. The van der Waals surface area contributed by atoms with E-state index in [0.717, 1.165) is 52.6 Å². The Morgan fingerprint density at radius 3 is 0.982 bits per heavy atom. The molecule has 0 aliphatic heterocycles. The van der Waals surface area contributed by atoms with Gasteiger partial charge in [0.2, 0.25) is 0 Å². The van der Waals surface area contributed by atoms with Crippen molar-refractivity contribution in [1.82, 2.24) is 0 Å². The third kappa shape index (κ3) is 9.88. The van der Waals surface area contributed by atoms with Crippen LogP contribution < -0.4 is 0 Å². The van der Waals surface area contributed by atoms with E-state index in [9.17, 15) is 15.3 Å². The van der Waals surface area contributed by atoms with E-state index in [2.05, 4.69) is 188 Å². The van der Waals surface area contributed by atoms with Gasteiger partial charge in [-0.25, -0.2) is 0 Å². The van der Waals surface area contributed by atoms with Gasteiger partial charge < -0.3 is 15.3 Å². The van der Waals surface area contributed by atoms with Gasteiger partial charge in [0.15, 0.2) is 0 Å². The number of phenols is 3. The zero-order chi connectivity index (χ0) is 43.8. The van der Waals surface area contributed by atoms with Crippen molar-refractivity contribution in [2.75, 3.05) is 0 Å². The number of hydrogen-bond donors (Lipinski definition) is 3. The average molecular weight is 777 g/mol. The van der Waals surface area contributed by atoms with E-state index in [1.54, 1.807) is 0 Å². The highest BCUT2D eigenvalue weighted by atomic mass is 16.3. The molecule has 1 atom stereocenters. The van der Waals surface area contributed by atoms with Gasteiger partial charge in [-0.3, -0.25) is 0 Å². The van der Waals surface area contributed by atoms with Crippen molar-refractivity contribution in [2.24, 2.45) is 11.3 Å². The second kappa shape index (κ2) is 15.0. The van der Waals surface area contributed by atoms with E-state index in [-0.39, 0.29) is 43.8 Å². The van der Waals surface area contributed by atoms with Crippen molar-refractivity contribution in [1.29, 1.82) is 0 Å². The summed E-state index contributed by atoms with van der Waals surface area (Å²) in [5.41, 5.74) is 12.3. The Labute approximate surface area is 349 Å². The molecule has 1 aliphatic carbocycles. The second-order valence-corrected chi connectivity index (χ2v) is 24.3. The van der Waals surface area contributed by atoms with Crippen molar-refractivity contribution in [3.05, 3.63) is 109 Å². The lowest BCUT2D eigenvalue weighted by molar-refractivity contribution is 0.289. The molecule has 4 rings (SSSR count). The Balaban J connectivity index is 2.02. The van der Waals surface area contributed by atoms with Gasteiger partial charge in [-0.05, 0) is 126 Å². The lowest BCUT2D eigenvalue weighted by Crippen LogP contribution is -2.34. The normalized spacial score (nSPS) is 17.3. The van der Waals surface area contributed by atoms with Crippen LogP contribution in [-0.2, 0) is 51.8 Å². The number of phenolic OH excluding ortho intramolecular Hbond substituents is 3. The molecule has 0 heterocycles. The summed E-state index contributed by atoms with van der Waals surface area (Å²) >= 11 is 0. The van der Waals surface area contributed by atoms with Crippen molar-refractivity contribution >= 4 is 0 Å². The molecule has 0 amide bonds. The standard InChI is InChI=1S/C54H80O3/c1-32-36(22-33-25-39(48(2,3)4)45(55)40(26-33)49(5,6)7)31-37(23-34-27-41(50(8,9)10)46(56)42(28-34)51(11,12)13)54(20,21)38(32)24-35-29-43(52(14,15)16)47(57)44(30-35)53(17,18)19/h25-31,38,55-57H,22-24H2,1-21H3. The Hall–Kier alpha value is -3.46. The van der Waals surface area contributed by atoms with Crippen molar-refractivity contribution in [3.63, 3.8) is 0 Å². The predicted molar refractivity (Wildman–Crippen MR) is 246 cm³/mol. The first kappa shape index (κ1) is 46.2. The molecular formula is C54H80O3. The molecule has 3 heteroatoms. The van der Waals surface area contributed by atoms with Gasteiger partial charge in [-0.1, -0.05) is 192 Å². The minimum atomic E-state index is -0.219. The van der Waals surface area contributed by atoms with Gasteiger partial charge in [-0.15, -0.1) is 0 Å². The molecule has 57 heavy (non-hydrogen) atoms. The Morgan fingerprint density at radius 1 is 0.439 bits per heavy atom. The molecule has 3 aromatic rings. The highest BCUT2D eigenvalue weighted by Crippen LogP contribution is 2.50. The van der Waals surface area contributed by atoms with Gasteiger partial charge in [0.05, 0.1) is 0 Å². The molecule has 0 radical (unpaired) electrons. The zero-order valence-electron chi connectivity index (χ0n) is 40.1. The summed E-state index contributed by atoms with van der Waals surface area (Å²) in [6.45, 7) is 46.6. The molecule has 0 fully saturated rings. The van der Waals surface area contributed by atoms with Crippen LogP contribution in [0.1, 0.15) is 195 Å². The van der Waals surface area contributed by atoms with E-state index in [0.29, 0.717) is 17.2 Å². The Morgan fingerprint density at radius 2 is 0.702 bits per heavy atom. The summed E-state index contributed by atoms with van der Waals surface area (Å²) in [6, 6.07) is 13.5. The fourth-order valence-electron chi connectivity index (χ4n) is 8.89. The molecule has 3 nitrogen and oxygen atoms in total. The van der Waals surface area contributed by atoms with E-state index in [1.807, 2.05) is 0 Å². The maximum Gasteiger partial charge on any atom is 0.123 e. The zero-order valence-corrected chi connectivity index (χ0v) is 40.1. The molecule has 3 N–H and O–H groups in total. The first-order valence-corrected chi connectivity index (χ1v) is 21.5. The number of allylic oxidation sites excluding steroid dienone is 4. The molecule has 1 unspecified atom stereocenters. The third-order valence-corrected chi connectivity index (χ3v) is 12.7. The quantitative estimate of drug-likeness (QED) is 0.234. The number of hydrogen-bond acceptors (Lipinski definition) is 3. The summed E-state index contributed by atoms with van der Waals surface area (Å²) in [6.07, 6.45) is 4.88. The van der Waals surface area contributed by atoms with Crippen LogP contribution in [0.5, 0.6) is 17.2 Å². The molecular weight excluding hydrogens is 697 g/mol. The molecule has 1 aliphatic rings. The highest BCUT2D eigenvalue weighted by molar-refractivity contribution is 5.55. The lowest BCUT2D eigenvalue weighted by Gasteiger charge is -2.43. The van der Waals surface area contributed by atoms with Gasteiger partial charge in [-0.2, -0.15) is 0 Å². The van der Waals surface area contributed by atoms with Crippen LogP contribution in [0.2, 0.25) is 0 Å². The predicted octanol–water partition coefficient (Wildman–Crippen LogP) is 14.5. The molecule has 0 saturated carbocycles. The Bertz CT molecular complexity index is 1950. The van der Waals surface area contributed by atoms with E-state index in [1.165, 1.54) is 33.4 Å². The summed E-state index contributed by atoms with van der Waals surface area (Å²) in [5.74, 6) is 1.44. The SMILES string of the molecule is CC1=C(Cc2cc(C(C)(C)C)c(O)c(C(C)(C)C)c2)C=C(Cc2cc(C(C)(C)C)c(O)c(C(C)(C)C)c2)C(C)(C)C1Cc1cc(C(C)(C)C)c(O)c(C(C)(C)C)c1. The summed E-state index contributed by atoms with van der Waals surface area (Å²) < 4.78 is 0. The van der Waals surface area contributed by atoms with Crippen LogP contribution in [0.25, 0.3) is 0 Å². The van der Waals surface area contributed by atoms with Crippen LogP contribution in [-0.4, -0.2) is 15.3 Å². The van der Waals surface area contributed by atoms with Crippen molar-refractivity contribution in [2.45, 2.75) is 197 Å². The molecule has 3 aromatic carbocycles. The van der Waals surface area contributed by atoms with Gasteiger partial charge in [0.25, 0.3) is 0 Å². The third-order valence-electron chi connectivity index (χ3n) is 12.7. The summed E-state index contributed by atoms with van der Waals surface area (Å²) in [5, 5.41) is 34.9. The maximum atomic E-state index is 11.7. The summed E-state index contributed by atoms with van der Waals surface area (Å²) in [7, 11) is 0. The van der Waals surface area contributed by atoms with Gasteiger partial charge >= 0.3 is 0 Å². The number of aromatic hydroxyl groups is 3. The van der Waals surface area contributed by atoms with Crippen LogP contribution >= 0.6 is 0 Å². The summed E-state index contributed by atoms with van der Waals surface area (Å²) in [4.78, 5) is 0. The average Bonchev–Trinajstić information content (AvgIpc) is 3.00. The molecule has 0 spiro atoms. The highest BCUT2D eigenvalue weighted by Gasteiger charge is 2.40. The molecule has 314 valence electrons. The van der Waals surface area contributed by atoms with E-state index >= 15 is 0 Å². The maximum absolute atomic E-state index is 11.7. The van der Waals surface area contributed by atoms with Gasteiger partial charge in [0.1, 0.15) is 17.2 Å². The minimum Gasteiger partial charge on any atom is -0.507 e. The van der Waals surface area contributed by atoms with E-state index in [4.69, 9.17) is 0 Å². The van der Waals surface area contributed by atoms with Crippen LogP contribution in [0.15, 0.2) is 59.2 Å². The lowest BCUT2D eigenvalue weighted by atomic mass is 9.61. The van der Waals surface area contributed by atoms with Crippen molar-refractivity contribution in [3.8, 4) is 17.2 Å². The van der Waals surface area contributed by atoms with Gasteiger partial charge in [0, 0.05) is 0 Å². The van der Waals surface area contributed by atoms with Crippen LogP contribution in [0.4, 0.5) is 0 Å². The largest absolute Gasteiger partial charge is 0.507 e. The fraction of sp³-hybridized carbons (Fsp3) is 0.593. The fourth-order valence-corrected chi connectivity index (χ4v) is 8.89. The monoisotopic (exact) mass is 777 g/mol. The molecule has 0 aromatic heterocycles. The number of rotatable bonds is 6.